The first kappa shape index (κ1) is 22.2. The molecule has 5 rings (SSSR count). The Kier molecular flexibility index (Phi) is 6.33. The summed E-state index contributed by atoms with van der Waals surface area (Å²) in [7, 11) is 0. The summed E-state index contributed by atoms with van der Waals surface area (Å²) in [5, 5.41) is 13.1. The molecule has 0 fully saturated rings. The van der Waals surface area contributed by atoms with E-state index in [4.69, 9.17) is 11.6 Å². The molecule has 5 aromatic rings. The SMILES string of the molecule is O=C(CSc1nnc2n(CCc3ccccc3)c(=O)c3ccccc3n12)Nc1cccc(Cl)c1. The number of thioether (sulfide) groups is 1. The fourth-order valence-electron chi connectivity index (χ4n) is 3.81. The van der Waals surface area contributed by atoms with Crippen LogP contribution in [-0.4, -0.2) is 30.8 Å². The van der Waals surface area contributed by atoms with Crippen molar-refractivity contribution in [1.82, 2.24) is 19.2 Å². The Morgan fingerprint density at radius 2 is 1.76 bits per heavy atom. The van der Waals surface area contributed by atoms with E-state index >= 15 is 0 Å². The van der Waals surface area contributed by atoms with Gasteiger partial charge in [-0.1, -0.05) is 71.9 Å². The maximum absolute atomic E-state index is 13.3. The minimum atomic E-state index is -0.189. The summed E-state index contributed by atoms with van der Waals surface area (Å²) >= 11 is 7.25. The molecule has 34 heavy (non-hydrogen) atoms. The van der Waals surface area contributed by atoms with Gasteiger partial charge in [0.25, 0.3) is 5.56 Å². The van der Waals surface area contributed by atoms with Gasteiger partial charge in [-0.2, -0.15) is 0 Å². The molecule has 0 atom stereocenters. The van der Waals surface area contributed by atoms with Gasteiger partial charge in [0.2, 0.25) is 11.7 Å². The Morgan fingerprint density at radius 3 is 2.59 bits per heavy atom. The summed E-state index contributed by atoms with van der Waals surface area (Å²) in [5.41, 5.74) is 2.36. The summed E-state index contributed by atoms with van der Waals surface area (Å²) in [6.45, 7) is 0.467. The largest absolute Gasteiger partial charge is 0.325 e. The lowest BCUT2D eigenvalue weighted by Gasteiger charge is -2.11. The molecule has 0 aliphatic heterocycles. The number of aryl methyl sites for hydroxylation is 2. The molecule has 0 unspecified atom stereocenters. The fraction of sp³-hybridized carbons (Fsp3) is 0.120. The van der Waals surface area contributed by atoms with Crippen LogP contribution in [-0.2, 0) is 17.8 Å². The number of rotatable bonds is 7. The third-order valence-electron chi connectivity index (χ3n) is 5.39. The van der Waals surface area contributed by atoms with E-state index in [1.54, 1.807) is 34.9 Å². The zero-order chi connectivity index (χ0) is 23.5. The number of para-hydroxylation sites is 1. The van der Waals surface area contributed by atoms with Crippen LogP contribution in [0.5, 0.6) is 0 Å². The normalized spacial score (nSPS) is 11.2. The van der Waals surface area contributed by atoms with Crippen LogP contribution in [0, 0.1) is 0 Å². The highest BCUT2D eigenvalue weighted by Gasteiger charge is 2.17. The first-order valence-electron chi connectivity index (χ1n) is 10.7. The van der Waals surface area contributed by atoms with E-state index in [9.17, 15) is 9.59 Å². The molecule has 0 aliphatic rings. The Balaban J connectivity index is 1.45. The van der Waals surface area contributed by atoms with E-state index < -0.39 is 0 Å². The highest BCUT2D eigenvalue weighted by Crippen LogP contribution is 2.22. The number of carbonyl (C=O) groups excluding carboxylic acids is 1. The second-order valence-corrected chi connectivity index (χ2v) is 9.05. The number of halogens is 1. The number of nitrogens with zero attached hydrogens (tertiary/aromatic N) is 4. The molecule has 0 spiro atoms. The highest BCUT2D eigenvalue weighted by molar-refractivity contribution is 7.99. The second-order valence-electron chi connectivity index (χ2n) is 7.67. The lowest BCUT2D eigenvalue weighted by Crippen LogP contribution is -2.24. The zero-order valence-corrected chi connectivity index (χ0v) is 19.6. The molecule has 2 heterocycles. The number of anilines is 1. The van der Waals surface area contributed by atoms with Gasteiger partial charge in [-0.15, -0.1) is 10.2 Å². The summed E-state index contributed by atoms with van der Waals surface area (Å²) < 4.78 is 3.50. The standard InChI is InChI=1S/C25H20ClN5O2S/c26-18-9-6-10-19(15-18)27-22(32)16-34-25-29-28-24-30(14-13-17-7-2-1-3-8-17)23(33)20-11-4-5-12-21(20)31(24)25/h1-12,15H,13-14,16H2,(H,27,32). The smallest absolute Gasteiger partial charge is 0.262 e. The molecule has 7 nitrogen and oxygen atoms in total. The summed E-state index contributed by atoms with van der Waals surface area (Å²) in [6.07, 6.45) is 0.687. The topological polar surface area (TPSA) is 81.3 Å². The Hall–Kier alpha value is -3.62. The van der Waals surface area contributed by atoms with Crippen molar-refractivity contribution < 1.29 is 4.79 Å². The Bertz CT molecular complexity index is 1550. The lowest BCUT2D eigenvalue weighted by atomic mass is 10.1. The van der Waals surface area contributed by atoms with E-state index in [2.05, 4.69) is 15.5 Å². The summed E-state index contributed by atoms with van der Waals surface area (Å²) in [4.78, 5) is 25.8. The van der Waals surface area contributed by atoms with Crippen LogP contribution in [0.4, 0.5) is 5.69 Å². The van der Waals surface area contributed by atoms with Gasteiger partial charge in [0, 0.05) is 17.3 Å². The van der Waals surface area contributed by atoms with Crippen molar-refractivity contribution in [2.24, 2.45) is 0 Å². The number of hydrogen-bond acceptors (Lipinski definition) is 5. The molecule has 0 radical (unpaired) electrons. The summed E-state index contributed by atoms with van der Waals surface area (Å²) in [5.74, 6) is 0.396. The molecule has 0 bridgehead atoms. The number of carbonyl (C=O) groups is 1. The zero-order valence-electron chi connectivity index (χ0n) is 18.0. The van der Waals surface area contributed by atoms with E-state index in [0.717, 1.165) is 5.56 Å². The minimum Gasteiger partial charge on any atom is -0.325 e. The van der Waals surface area contributed by atoms with Gasteiger partial charge in [-0.25, -0.2) is 0 Å². The van der Waals surface area contributed by atoms with Crippen molar-refractivity contribution in [2.75, 3.05) is 11.1 Å². The van der Waals surface area contributed by atoms with Crippen molar-refractivity contribution in [1.29, 1.82) is 0 Å². The first-order valence-corrected chi connectivity index (χ1v) is 12.1. The second kappa shape index (κ2) is 9.70. The van der Waals surface area contributed by atoms with Crippen LogP contribution in [0.25, 0.3) is 16.7 Å². The van der Waals surface area contributed by atoms with E-state index in [0.29, 0.717) is 45.5 Å². The van der Waals surface area contributed by atoms with Crippen molar-refractivity contribution >= 4 is 51.6 Å². The van der Waals surface area contributed by atoms with Crippen LogP contribution in [0.2, 0.25) is 5.02 Å². The van der Waals surface area contributed by atoms with E-state index in [-0.39, 0.29) is 17.2 Å². The molecule has 0 aliphatic carbocycles. The molecule has 2 aromatic heterocycles. The summed E-state index contributed by atoms with van der Waals surface area (Å²) in [6, 6.07) is 24.4. The highest BCUT2D eigenvalue weighted by atomic mass is 35.5. The predicted molar refractivity (Wildman–Crippen MR) is 136 cm³/mol. The number of amides is 1. The molecule has 9 heteroatoms. The molecule has 1 amide bonds. The van der Waals surface area contributed by atoms with Gasteiger partial charge in [0.05, 0.1) is 16.7 Å². The maximum atomic E-state index is 13.3. The quantitative estimate of drug-likeness (QED) is 0.336. The average molecular weight is 490 g/mol. The molecule has 1 N–H and O–H groups in total. The predicted octanol–water partition coefficient (Wildman–Crippen LogP) is 4.67. The fourth-order valence-corrected chi connectivity index (χ4v) is 4.74. The van der Waals surface area contributed by atoms with E-state index in [1.807, 2.05) is 52.9 Å². The molecule has 0 saturated carbocycles. The Labute approximate surface area is 204 Å². The number of hydrogen-bond donors (Lipinski definition) is 1. The molecular weight excluding hydrogens is 470 g/mol. The van der Waals surface area contributed by atoms with Gasteiger partial charge in [-0.05, 0) is 42.3 Å². The molecule has 170 valence electrons. The molecular formula is C25H20ClN5O2S. The third kappa shape index (κ3) is 4.55. The van der Waals surface area contributed by atoms with Crippen molar-refractivity contribution in [3.8, 4) is 0 Å². The number of nitrogens with one attached hydrogen (secondary N) is 1. The van der Waals surface area contributed by atoms with E-state index in [1.165, 1.54) is 11.8 Å². The maximum Gasteiger partial charge on any atom is 0.262 e. The average Bonchev–Trinajstić information content (AvgIpc) is 3.27. The van der Waals surface area contributed by atoms with Crippen LogP contribution in [0.3, 0.4) is 0 Å². The number of benzene rings is 3. The van der Waals surface area contributed by atoms with Crippen molar-refractivity contribution in [3.05, 3.63) is 99.8 Å². The number of aromatic nitrogens is 4. The van der Waals surface area contributed by atoms with Crippen LogP contribution >= 0.6 is 23.4 Å². The monoisotopic (exact) mass is 489 g/mol. The molecule has 3 aromatic carbocycles. The van der Waals surface area contributed by atoms with Crippen LogP contribution in [0.1, 0.15) is 5.56 Å². The molecule has 0 saturated heterocycles. The van der Waals surface area contributed by atoms with Gasteiger partial charge >= 0.3 is 0 Å². The van der Waals surface area contributed by atoms with Crippen LogP contribution in [0.15, 0.2) is 88.8 Å². The van der Waals surface area contributed by atoms with Gasteiger partial charge < -0.3 is 5.32 Å². The van der Waals surface area contributed by atoms with Gasteiger partial charge in [0.1, 0.15) is 0 Å². The van der Waals surface area contributed by atoms with Crippen LogP contribution < -0.4 is 10.9 Å². The minimum absolute atomic E-state index is 0.110. The first-order chi connectivity index (χ1) is 16.6. The van der Waals surface area contributed by atoms with Crippen molar-refractivity contribution in [3.63, 3.8) is 0 Å². The lowest BCUT2D eigenvalue weighted by molar-refractivity contribution is -0.113. The number of fused-ring (bicyclic) bond motifs is 3. The van der Waals surface area contributed by atoms with Gasteiger partial charge in [-0.3, -0.25) is 18.6 Å². The van der Waals surface area contributed by atoms with Gasteiger partial charge in [0.15, 0.2) is 5.16 Å². The third-order valence-corrected chi connectivity index (χ3v) is 6.55. The Morgan fingerprint density at radius 1 is 0.971 bits per heavy atom. The van der Waals surface area contributed by atoms with Crippen molar-refractivity contribution in [2.45, 2.75) is 18.1 Å².